The Balaban J connectivity index is 1.48. The number of carbonyl (C=O) groups excluding carboxylic acids is 3. The van der Waals surface area contributed by atoms with Crippen molar-refractivity contribution < 1.29 is 19.1 Å². The van der Waals surface area contributed by atoms with E-state index in [0.717, 1.165) is 25.0 Å². The average molecular weight is 409 g/mol. The van der Waals surface area contributed by atoms with E-state index in [-0.39, 0.29) is 36.8 Å². The van der Waals surface area contributed by atoms with Crippen molar-refractivity contribution in [2.75, 3.05) is 25.0 Å². The molecule has 158 valence electrons. The van der Waals surface area contributed by atoms with Crippen LogP contribution in [-0.4, -0.2) is 43.5 Å². The highest BCUT2D eigenvalue weighted by Gasteiger charge is 2.18. The van der Waals surface area contributed by atoms with Crippen molar-refractivity contribution >= 4 is 23.4 Å². The van der Waals surface area contributed by atoms with Gasteiger partial charge < -0.3 is 20.7 Å². The number of anilines is 1. The number of ether oxygens (including phenoxy) is 1. The SMILES string of the molecule is Cc1cccc(C(=O)NCCC(=O)Nc2ccccc2C(=O)NCC2CCCO2)c1. The Morgan fingerprint density at radius 3 is 2.63 bits per heavy atom. The molecule has 1 fully saturated rings. The van der Waals surface area contributed by atoms with Crippen LogP contribution in [0.15, 0.2) is 48.5 Å². The normalized spacial score (nSPS) is 15.4. The number of rotatable bonds is 8. The number of nitrogens with one attached hydrogen (secondary N) is 3. The van der Waals surface area contributed by atoms with Gasteiger partial charge in [0.1, 0.15) is 0 Å². The molecule has 0 saturated carbocycles. The summed E-state index contributed by atoms with van der Waals surface area (Å²) >= 11 is 0. The summed E-state index contributed by atoms with van der Waals surface area (Å²) in [4.78, 5) is 37.0. The number of carbonyl (C=O) groups is 3. The Hall–Kier alpha value is -3.19. The molecule has 1 heterocycles. The van der Waals surface area contributed by atoms with Crippen LogP contribution >= 0.6 is 0 Å². The van der Waals surface area contributed by atoms with Gasteiger partial charge in [0.05, 0.1) is 17.4 Å². The molecular weight excluding hydrogens is 382 g/mol. The molecule has 0 radical (unpaired) electrons. The first-order chi connectivity index (χ1) is 14.5. The Morgan fingerprint density at radius 2 is 1.87 bits per heavy atom. The van der Waals surface area contributed by atoms with E-state index in [2.05, 4.69) is 16.0 Å². The highest BCUT2D eigenvalue weighted by Crippen LogP contribution is 2.16. The van der Waals surface area contributed by atoms with E-state index in [9.17, 15) is 14.4 Å². The van der Waals surface area contributed by atoms with Gasteiger partial charge in [0.2, 0.25) is 5.91 Å². The summed E-state index contributed by atoms with van der Waals surface area (Å²) in [5.41, 5.74) is 2.39. The second-order valence-electron chi connectivity index (χ2n) is 7.31. The lowest BCUT2D eigenvalue weighted by Crippen LogP contribution is -2.32. The lowest BCUT2D eigenvalue weighted by Gasteiger charge is -2.14. The number of hydrogen-bond acceptors (Lipinski definition) is 4. The zero-order valence-electron chi connectivity index (χ0n) is 17.1. The molecule has 1 aliphatic rings. The Bertz CT molecular complexity index is 907. The predicted molar refractivity (Wildman–Crippen MR) is 115 cm³/mol. The summed E-state index contributed by atoms with van der Waals surface area (Å²) in [5, 5.41) is 8.36. The molecule has 0 spiro atoms. The summed E-state index contributed by atoms with van der Waals surface area (Å²) in [7, 11) is 0. The van der Waals surface area contributed by atoms with Crippen LogP contribution in [0, 0.1) is 6.92 Å². The van der Waals surface area contributed by atoms with E-state index in [0.29, 0.717) is 23.4 Å². The molecule has 2 aromatic rings. The average Bonchev–Trinajstić information content (AvgIpc) is 3.26. The van der Waals surface area contributed by atoms with Crippen LogP contribution in [0.25, 0.3) is 0 Å². The number of para-hydroxylation sites is 1. The number of benzene rings is 2. The lowest BCUT2D eigenvalue weighted by molar-refractivity contribution is -0.116. The molecule has 30 heavy (non-hydrogen) atoms. The molecule has 1 unspecified atom stereocenters. The molecule has 3 N–H and O–H groups in total. The second-order valence-corrected chi connectivity index (χ2v) is 7.31. The maximum atomic E-state index is 12.5. The highest BCUT2D eigenvalue weighted by atomic mass is 16.5. The first-order valence-electron chi connectivity index (χ1n) is 10.2. The number of hydrogen-bond donors (Lipinski definition) is 3. The van der Waals surface area contributed by atoms with Crippen molar-refractivity contribution in [2.24, 2.45) is 0 Å². The third-order valence-corrected chi connectivity index (χ3v) is 4.88. The van der Waals surface area contributed by atoms with Gasteiger partial charge in [0, 0.05) is 31.7 Å². The van der Waals surface area contributed by atoms with Gasteiger partial charge >= 0.3 is 0 Å². The highest BCUT2D eigenvalue weighted by molar-refractivity contribution is 6.04. The summed E-state index contributed by atoms with van der Waals surface area (Å²) in [5.74, 6) is -0.756. The van der Waals surface area contributed by atoms with Gasteiger partial charge in [-0.25, -0.2) is 0 Å². The van der Waals surface area contributed by atoms with Crippen LogP contribution in [0.5, 0.6) is 0 Å². The maximum Gasteiger partial charge on any atom is 0.253 e. The molecule has 3 rings (SSSR count). The van der Waals surface area contributed by atoms with Crippen LogP contribution in [0.1, 0.15) is 45.5 Å². The van der Waals surface area contributed by atoms with Gasteiger partial charge in [-0.05, 0) is 44.0 Å². The minimum Gasteiger partial charge on any atom is -0.376 e. The van der Waals surface area contributed by atoms with Gasteiger partial charge in [-0.2, -0.15) is 0 Å². The molecule has 0 bridgehead atoms. The predicted octanol–water partition coefficient (Wildman–Crippen LogP) is 2.66. The molecule has 7 heteroatoms. The van der Waals surface area contributed by atoms with Crippen molar-refractivity contribution in [1.29, 1.82) is 0 Å². The first kappa shape index (κ1) is 21.5. The van der Waals surface area contributed by atoms with Crippen molar-refractivity contribution in [3.05, 3.63) is 65.2 Å². The Kier molecular flexibility index (Phi) is 7.57. The van der Waals surface area contributed by atoms with Crippen LogP contribution in [-0.2, 0) is 9.53 Å². The van der Waals surface area contributed by atoms with Crippen molar-refractivity contribution in [1.82, 2.24) is 10.6 Å². The molecule has 1 atom stereocenters. The van der Waals surface area contributed by atoms with E-state index in [1.807, 2.05) is 19.1 Å². The fourth-order valence-electron chi connectivity index (χ4n) is 3.29. The fourth-order valence-corrected chi connectivity index (χ4v) is 3.29. The van der Waals surface area contributed by atoms with Gasteiger partial charge in [0.15, 0.2) is 0 Å². The third kappa shape index (κ3) is 6.15. The monoisotopic (exact) mass is 409 g/mol. The van der Waals surface area contributed by atoms with Crippen LogP contribution < -0.4 is 16.0 Å². The third-order valence-electron chi connectivity index (χ3n) is 4.88. The first-order valence-corrected chi connectivity index (χ1v) is 10.2. The second kappa shape index (κ2) is 10.5. The van der Waals surface area contributed by atoms with Crippen molar-refractivity contribution in [2.45, 2.75) is 32.3 Å². The van der Waals surface area contributed by atoms with E-state index in [1.165, 1.54) is 0 Å². The molecule has 1 aliphatic heterocycles. The minimum absolute atomic E-state index is 0.0488. The van der Waals surface area contributed by atoms with Gasteiger partial charge in [-0.15, -0.1) is 0 Å². The number of amides is 3. The zero-order valence-corrected chi connectivity index (χ0v) is 17.1. The summed E-state index contributed by atoms with van der Waals surface area (Å²) in [6.07, 6.45) is 2.09. The van der Waals surface area contributed by atoms with Crippen molar-refractivity contribution in [3.8, 4) is 0 Å². The molecule has 0 aliphatic carbocycles. The minimum atomic E-state index is -0.279. The van der Waals surface area contributed by atoms with Gasteiger partial charge in [0.25, 0.3) is 11.8 Å². The Labute approximate surface area is 176 Å². The molecule has 2 aromatic carbocycles. The smallest absolute Gasteiger partial charge is 0.253 e. The topological polar surface area (TPSA) is 96.5 Å². The zero-order chi connectivity index (χ0) is 21.3. The van der Waals surface area contributed by atoms with E-state index in [4.69, 9.17) is 4.74 Å². The molecule has 0 aromatic heterocycles. The van der Waals surface area contributed by atoms with Crippen LogP contribution in [0.2, 0.25) is 0 Å². The molecule has 7 nitrogen and oxygen atoms in total. The van der Waals surface area contributed by atoms with Gasteiger partial charge in [-0.3, -0.25) is 14.4 Å². The Morgan fingerprint density at radius 1 is 1.03 bits per heavy atom. The molecule has 3 amide bonds. The largest absolute Gasteiger partial charge is 0.376 e. The van der Waals surface area contributed by atoms with E-state index >= 15 is 0 Å². The molecule has 1 saturated heterocycles. The lowest BCUT2D eigenvalue weighted by atomic mass is 10.1. The summed E-state index contributed by atoms with van der Waals surface area (Å²) in [6.45, 7) is 3.30. The van der Waals surface area contributed by atoms with Gasteiger partial charge in [-0.1, -0.05) is 29.8 Å². The van der Waals surface area contributed by atoms with E-state index < -0.39 is 0 Å². The van der Waals surface area contributed by atoms with Crippen LogP contribution in [0.3, 0.4) is 0 Å². The summed E-state index contributed by atoms with van der Waals surface area (Å²) < 4.78 is 5.52. The van der Waals surface area contributed by atoms with E-state index in [1.54, 1.807) is 36.4 Å². The number of aryl methyl sites for hydroxylation is 1. The summed E-state index contributed by atoms with van der Waals surface area (Å²) in [6, 6.07) is 14.1. The molecular formula is C23H27N3O4. The van der Waals surface area contributed by atoms with Crippen LogP contribution in [0.4, 0.5) is 5.69 Å². The maximum absolute atomic E-state index is 12.5. The van der Waals surface area contributed by atoms with Crippen molar-refractivity contribution in [3.63, 3.8) is 0 Å². The quantitative estimate of drug-likeness (QED) is 0.625. The fraction of sp³-hybridized carbons (Fsp3) is 0.348. The standard InChI is InChI=1S/C23H27N3O4/c1-16-6-4-7-17(14-16)22(28)24-12-11-21(27)26-20-10-3-2-9-19(20)23(29)25-15-18-8-5-13-30-18/h2-4,6-7,9-10,14,18H,5,8,11-13,15H2,1H3,(H,24,28)(H,25,29)(H,26,27).